The summed E-state index contributed by atoms with van der Waals surface area (Å²) in [6, 6.07) is 16.9. The number of aromatic nitrogens is 4. The summed E-state index contributed by atoms with van der Waals surface area (Å²) in [5, 5.41) is 3.07. The van der Waals surface area contributed by atoms with Gasteiger partial charge in [0.05, 0.1) is 17.7 Å². The van der Waals surface area contributed by atoms with Crippen LogP contribution in [0.3, 0.4) is 0 Å². The smallest absolute Gasteiger partial charge is 0.255 e. The summed E-state index contributed by atoms with van der Waals surface area (Å²) in [7, 11) is 0. The van der Waals surface area contributed by atoms with E-state index in [-0.39, 0.29) is 24.2 Å². The van der Waals surface area contributed by atoms with Gasteiger partial charge in [-0.2, -0.15) is 0 Å². The van der Waals surface area contributed by atoms with Gasteiger partial charge in [-0.15, -0.1) is 0 Å². The van der Waals surface area contributed by atoms with E-state index in [1.807, 2.05) is 60.9 Å². The van der Waals surface area contributed by atoms with Crippen LogP contribution in [-0.4, -0.2) is 62.6 Å². The minimum Gasteiger partial charge on any atom is -0.382 e. The van der Waals surface area contributed by atoms with Crippen molar-refractivity contribution < 1.29 is 19.0 Å². The van der Waals surface area contributed by atoms with Gasteiger partial charge in [0.25, 0.3) is 5.91 Å². The van der Waals surface area contributed by atoms with E-state index < -0.39 is 12.0 Å². The number of fused-ring (bicyclic) bond motifs is 2. The zero-order chi connectivity index (χ0) is 27.1. The molecule has 1 unspecified atom stereocenters. The first kappa shape index (κ1) is 25.2. The van der Waals surface area contributed by atoms with Crippen LogP contribution in [0.15, 0.2) is 67.3 Å². The minimum atomic E-state index is -0.779. The quantitative estimate of drug-likeness (QED) is 0.369. The Morgan fingerprint density at radius 3 is 2.59 bits per heavy atom. The van der Waals surface area contributed by atoms with Gasteiger partial charge in [-0.1, -0.05) is 30.3 Å². The molecule has 2 saturated heterocycles. The van der Waals surface area contributed by atoms with Crippen molar-refractivity contribution in [3.8, 4) is 0 Å². The summed E-state index contributed by atoms with van der Waals surface area (Å²) in [5.74, 6) is -0.641. The fourth-order valence-electron chi connectivity index (χ4n) is 5.34. The van der Waals surface area contributed by atoms with Gasteiger partial charge >= 0.3 is 0 Å². The summed E-state index contributed by atoms with van der Waals surface area (Å²) in [5.41, 5.74) is 9.30. The van der Waals surface area contributed by atoms with Crippen molar-refractivity contribution in [1.29, 1.82) is 0 Å². The highest BCUT2D eigenvalue weighted by Gasteiger charge is 2.56. The van der Waals surface area contributed by atoms with E-state index in [2.05, 4.69) is 32.1 Å². The van der Waals surface area contributed by atoms with Crippen LogP contribution in [0.2, 0.25) is 0 Å². The van der Waals surface area contributed by atoms with Crippen LogP contribution in [0.25, 0.3) is 11.2 Å². The molecule has 4 atom stereocenters. The fourth-order valence-corrected chi connectivity index (χ4v) is 5.34. The predicted octanol–water partition coefficient (Wildman–Crippen LogP) is 3.60. The number of anilines is 3. The third-order valence-electron chi connectivity index (χ3n) is 7.10. The number of carbonyl (C=O) groups is 1. The first-order chi connectivity index (χ1) is 18.8. The molecule has 0 bridgehead atoms. The normalized spacial score (nSPS) is 23.6. The highest BCUT2D eigenvalue weighted by molar-refractivity contribution is 6.05. The van der Waals surface area contributed by atoms with Gasteiger partial charge in [-0.05, 0) is 45.0 Å². The second-order valence-electron chi connectivity index (χ2n) is 10.1. The van der Waals surface area contributed by atoms with Crippen LogP contribution < -0.4 is 16.0 Å². The molecule has 0 spiro atoms. The number of nitrogens with zero attached hydrogens (tertiary/aromatic N) is 5. The largest absolute Gasteiger partial charge is 0.382 e. The van der Waals surface area contributed by atoms with Crippen molar-refractivity contribution in [2.24, 2.45) is 0 Å². The van der Waals surface area contributed by atoms with E-state index in [1.54, 1.807) is 18.5 Å². The SMILES string of the molecule is CCN(C[C@H]1O[C@@H](n2cnc3c(N)ncnc32)C2OC(C)(C)O[C@@H]21)c1ccccc1NC(=O)c1ccccc1. The van der Waals surface area contributed by atoms with Gasteiger partial charge in [-0.25, -0.2) is 15.0 Å². The lowest BCUT2D eigenvalue weighted by Gasteiger charge is -2.31. The summed E-state index contributed by atoms with van der Waals surface area (Å²) < 4.78 is 21.1. The van der Waals surface area contributed by atoms with Gasteiger partial charge in [0.15, 0.2) is 23.5 Å². The van der Waals surface area contributed by atoms with Crippen LogP contribution in [0.5, 0.6) is 0 Å². The Hall–Kier alpha value is -4.06. The minimum absolute atomic E-state index is 0.168. The van der Waals surface area contributed by atoms with Gasteiger partial charge < -0.3 is 30.2 Å². The zero-order valence-corrected chi connectivity index (χ0v) is 22.0. The predicted molar refractivity (Wildman–Crippen MR) is 146 cm³/mol. The molecule has 2 aliphatic heterocycles. The van der Waals surface area contributed by atoms with E-state index in [0.717, 1.165) is 11.4 Å². The first-order valence-corrected chi connectivity index (χ1v) is 13.0. The molecule has 0 saturated carbocycles. The molecule has 4 heterocycles. The van der Waals surface area contributed by atoms with Crippen LogP contribution in [-0.2, 0) is 14.2 Å². The number of ether oxygens (including phenoxy) is 3. The highest BCUT2D eigenvalue weighted by atomic mass is 16.8. The number of para-hydroxylation sites is 2. The third-order valence-corrected chi connectivity index (χ3v) is 7.10. The molecule has 0 radical (unpaired) electrons. The number of rotatable bonds is 7. The number of benzene rings is 2. The number of hydrogen-bond acceptors (Lipinski definition) is 9. The molecule has 2 fully saturated rings. The van der Waals surface area contributed by atoms with E-state index in [0.29, 0.717) is 35.6 Å². The Morgan fingerprint density at radius 2 is 1.79 bits per heavy atom. The van der Waals surface area contributed by atoms with E-state index in [9.17, 15) is 4.79 Å². The molecule has 11 nitrogen and oxygen atoms in total. The van der Waals surface area contributed by atoms with Crippen molar-refractivity contribution in [3.05, 3.63) is 72.8 Å². The maximum atomic E-state index is 12.9. The van der Waals surface area contributed by atoms with E-state index in [1.165, 1.54) is 6.33 Å². The molecule has 39 heavy (non-hydrogen) atoms. The molecule has 202 valence electrons. The fraction of sp³-hybridized carbons (Fsp3) is 0.357. The number of hydrogen-bond donors (Lipinski definition) is 2. The Bertz CT molecular complexity index is 1490. The van der Waals surface area contributed by atoms with Crippen molar-refractivity contribution in [1.82, 2.24) is 19.5 Å². The summed E-state index contributed by atoms with van der Waals surface area (Å²) in [6.45, 7) is 7.06. The maximum absolute atomic E-state index is 12.9. The van der Waals surface area contributed by atoms with Crippen molar-refractivity contribution in [2.45, 2.75) is 51.1 Å². The summed E-state index contributed by atoms with van der Waals surface area (Å²) in [4.78, 5) is 27.9. The van der Waals surface area contributed by atoms with Crippen molar-refractivity contribution in [3.63, 3.8) is 0 Å². The Balaban J connectivity index is 1.28. The standard InChI is InChI=1S/C28H31N7O4/c1-4-34(19-13-9-8-12-18(19)33-26(36)17-10-6-5-7-11-17)14-20-22-23(39-28(2,3)38-22)27(37-20)35-16-32-21-24(29)30-15-31-25(21)35/h5-13,15-16,20,22-23,27H,4,14H2,1-3H3,(H,33,36)(H2,29,30,31)/t20-,22-,23?,27-/m1/s1. The van der Waals surface area contributed by atoms with Crippen LogP contribution in [0.4, 0.5) is 17.2 Å². The molecule has 11 heteroatoms. The molecule has 0 aliphatic carbocycles. The van der Waals surface area contributed by atoms with Gasteiger partial charge in [0, 0.05) is 18.7 Å². The van der Waals surface area contributed by atoms with Gasteiger partial charge in [0.2, 0.25) is 0 Å². The van der Waals surface area contributed by atoms with Crippen molar-refractivity contribution in [2.75, 3.05) is 29.0 Å². The number of nitrogens with one attached hydrogen (secondary N) is 1. The highest BCUT2D eigenvalue weighted by Crippen LogP contribution is 2.44. The molecule has 3 N–H and O–H groups in total. The number of likely N-dealkylation sites (N-methyl/N-ethyl adjacent to an activating group) is 1. The van der Waals surface area contributed by atoms with Crippen molar-refractivity contribution >= 4 is 34.3 Å². The van der Waals surface area contributed by atoms with Gasteiger partial charge in [-0.3, -0.25) is 9.36 Å². The lowest BCUT2D eigenvalue weighted by molar-refractivity contribution is -0.195. The molecule has 1 amide bonds. The molecule has 2 aliphatic rings. The lowest BCUT2D eigenvalue weighted by Crippen LogP contribution is -2.40. The molecule has 4 aromatic rings. The van der Waals surface area contributed by atoms with Crippen LogP contribution in [0, 0.1) is 0 Å². The number of imidazole rings is 1. The molecule has 6 rings (SSSR count). The number of amides is 1. The number of nitrogens with two attached hydrogens (primary N) is 1. The maximum Gasteiger partial charge on any atom is 0.255 e. The first-order valence-electron chi connectivity index (χ1n) is 13.0. The third kappa shape index (κ3) is 4.69. The Kier molecular flexibility index (Phi) is 6.42. The lowest BCUT2D eigenvalue weighted by atomic mass is 10.1. The van der Waals surface area contributed by atoms with E-state index >= 15 is 0 Å². The average molecular weight is 530 g/mol. The Labute approximate surface area is 225 Å². The zero-order valence-electron chi connectivity index (χ0n) is 22.0. The molecular weight excluding hydrogens is 498 g/mol. The van der Waals surface area contributed by atoms with Crippen LogP contribution >= 0.6 is 0 Å². The van der Waals surface area contributed by atoms with Gasteiger partial charge in [0.1, 0.15) is 30.2 Å². The van der Waals surface area contributed by atoms with E-state index in [4.69, 9.17) is 19.9 Å². The summed E-state index contributed by atoms with van der Waals surface area (Å²) in [6.07, 6.45) is 1.49. The monoisotopic (exact) mass is 529 g/mol. The number of nitrogen functional groups attached to an aromatic ring is 1. The Morgan fingerprint density at radius 1 is 1.05 bits per heavy atom. The second-order valence-corrected chi connectivity index (χ2v) is 10.1. The molecule has 2 aromatic carbocycles. The molecular formula is C28H31N7O4. The summed E-state index contributed by atoms with van der Waals surface area (Å²) >= 11 is 0. The molecule has 2 aromatic heterocycles. The topological polar surface area (TPSA) is 130 Å². The van der Waals surface area contributed by atoms with Crippen LogP contribution in [0.1, 0.15) is 37.4 Å². The number of carbonyl (C=O) groups excluding carboxylic acids is 1. The average Bonchev–Trinajstić information content (AvgIpc) is 3.60. The second kappa shape index (κ2) is 9.92.